The molecule has 0 spiro atoms. The van der Waals surface area contributed by atoms with Crippen molar-refractivity contribution in [2.24, 2.45) is 22.7 Å². The van der Waals surface area contributed by atoms with Crippen LogP contribution in [0.3, 0.4) is 0 Å². The number of amides is 4. The minimum Gasteiger partial charge on any atom is -0.469 e. The van der Waals surface area contributed by atoms with Crippen molar-refractivity contribution in [3.8, 4) is 0 Å². The van der Waals surface area contributed by atoms with Crippen molar-refractivity contribution in [1.29, 1.82) is 0 Å². The van der Waals surface area contributed by atoms with E-state index in [0.717, 1.165) is 7.11 Å². The van der Waals surface area contributed by atoms with Crippen molar-refractivity contribution in [3.63, 3.8) is 0 Å². The lowest BCUT2D eigenvalue weighted by atomic mass is 9.89. The molecule has 19 heteroatoms. The second kappa shape index (κ2) is 25.2. The molecule has 66 heavy (non-hydrogen) atoms. The highest BCUT2D eigenvalue weighted by Crippen LogP contribution is 2.46. The second-order valence-electron chi connectivity index (χ2n) is 19.3. The Balaban J connectivity index is 1.83. The van der Waals surface area contributed by atoms with E-state index >= 15 is 0 Å². The molecule has 9 atom stereocenters. The van der Waals surface area contributed by atoms with Crippen LogP contribution in [0.25, 0.3) is 0 Å². The number of piperazine rings is 1. The summed E-state index contributed by atoms with van der Waals surface area (Å²) >= 11 is 0. The molecule has 1 aromatic carbocycles. The van der Waals surface area contributed by atoms with Gasteiger partial charge in [0.05, 0.1) is 43.7 Å². The van der Waals surface area contributed by atoms with Crippen LogP contribution in [-0.4, -0.2) is 188 Å². The minimum atomic E-state index is -4.30. The van der Waals surface area contributed by atoms with Gasteiger partial charge < -0.3 is 53.7 Å². The van der Waals surface area contributed by atoms with Gasteiger partial charge in [-0.2, -0.15) is 0 Å². The molecule has 374 valence electrons. The fourth-order valence-corrected chi connectivity index (χ4v) is 10.4. The monoisotopic (exact) mass is 950 g/mol. The Hall–Kier alpha value is -4.25. The summed E-state index contributed by atoms with van der Waals surface area (Å²) < 4.78 is 35.9. The number of carbonyl (C=O) groups excluding carboxylic acids is 5. The summed E-state index contributed by atoms with van der Waals surface area (Å²) in [5, 5.41) is 2.75. The summed E-state index contributed by atoms with van der Waals surface area (Å²) in [4.78, 5) is 93.3. The van der Waals surface area contributed by atoms with E-state index in [0.29, 0.717) is 63.5 Å². The Kier molecular flexibility index (Phi) is 21.4. The van der Waals surface area contributed by atoms with Gasteiger partial charge in [-0.15, -0.1) is 0 Å². The average Bonchev–Trinajstić information content (AvgIpc) is 3.75. The van der Waals surface area contributed by atoms with Crippen LogP contribution < -0.4 is 5.32 Å². The average molecular weight is 950 g/mol. The van der Waals surface area contributed by atoms with Crippen molar-refractivity contribution in [2.45, 2.75) is 129 Å². The number of likely N-dealkylation sites (tertiary alicyclic amines) is 1. The van der Waals surface area contributed by atoms with Crippen molar-refractivity contribution in [3.05, 3.63) is 35.9 Å². The van der Waals surface area contributed by atoms with Crippen LogP contribution in [0.5, 0.6) is 0 Å². The lowest BCUT2D eigenvalue weighted by Crippen LogP contribution is -2.56. The van der Waals surface area contributed by atoms with Gasteiger partial charge in [0.25, 0.3) is 0 Å². The molecule has 2 aliphatic heterocycles. The van der Waals surface area contributed by atoms with Crippen LogP contribution in [0.2, 0.25) is 0 Å². The Morgan fingerprint density at radius 3 is 2.05 bits per heavy atom. The minimum absolute atomic E-state index is 0.00176. The standard InChI is InChI=1S/C47H80N7O11P/c1-15-32(4)41(51(11)44(58)40(31(2)3)49-45(50(9)10)52-24-26-53(27-25-52)46(59)65-47(6,7)8)36(62-12)29-38(55)54-23-19-22-35(54)42(64-14)33(5)43(57)48-37(28-34-20-17-16-18-21-34)66(60,61)30-39(56)63-13/h16-18,20-21,31-33,35-37,40-42H,15,19,22-30H2,1-14H3,(H,48,57)(H,60,61)/b49-45-/t32?,33?,35-,36?,37?,40?,41?,42?/m0/s1. The van der Waals surface area contributed by atoms with Crippen molar-refractivity contribution in [1.82, 2.24) is 29.8 Å². The molecule has 2 heterocycles. The third-order valence-corrected chi connectivity index (χ3v) is 14.7. The normalized spacial score (nSPS) is 20.0. The summed E-state index contributed by atoms with van der Waals surface area (Å²) in [6.45, 7) is 17.5. The second-order valence-corrected chi connectivity index (χ2v) is 21.7. The zero-order valence-corrected chi connectivity index (χ0v) is 42.9. The Bertz CT molecular complexity index is 1840. The van der Waals surface area contributed by atoms with E-state index in [1.807, 2.05) is 73.5 Å². The first-order chi connectivity index (χ1) is 30.9. The fourth-order valence-electron chi connectivity index (χ4n) is 8.81. The van der Waals surface area contributed by atoms with E-state index < -0.39 is 73.0 Å². The lowest BCUT2D eigenvalue weighted by molar-refractivity contribution is -0.146. The topological polar surface area (TPSA) is 200 Å². The zero-order valence-electron chi connectivity index (χ0n) is 42.0. The Labute approximate surface area is 393 Å². The number of esters is 1. The molecule has 2 saturated heterocycles. The lowest BCUT2D eigenvalue weighted by Gasteiger charge is -2.41. The van der Waals surface area contributed by atoms with E-state index in [4.69, 9.17) is 19.2 Å². The summed E-state index contributed by atoms with van der Waals surface area (Å²) in [6.07, 6.45) is -0.730. The summed E-state index contributed by atoms with van der Waals surface area (Å²) in [5.74, 6) is -3.63. The van der Waals surface area contributed by atoms with Crippen molar-refractivity contribution in [2.75, 3.05) is 81.4 Å². The molecule has 0 radical (unpaired) electrons. The first-order valence-corrected chi connectivity index (χ1v) is 25.1. The number of carbonyl (C=O) groups is 5. The molecule has 0 aliphatic carbocycles. The molecule has 2 N–H and O–H groups in total. The highest BCUT2D eigenvalue weighted by atomic mass is 31.2. The number of ether oxygens (including phenoxy) is 4. The summed E-state index contributed by atoms with van der Waals surface area (Å²) in [5.41, 5.74) is 0.0898. The molecule has 2 aliphatic rings. The molecule has 8 unspecified atom stereocenters. The molecular weight excluding hydrogens is 870 g/mol. The van der Waals surface area contributed by atoms with E-state index in [9.17, 15) is 33.4 Å². The third kappa shape index (κ3) is 15.4. The van der Waals surface area contributed by atoms with E-state index in [2.05, 4.69) is 15.0 Å². The number of aliphatic imine (C=N–C) groups is 1. The Morgan fingerprint density at radius 2 is 1.53 bits per heavy atom. The molecule has 18 nitrogen and oxygen atoms in total. The maximum atomic E-state index is 14.7. The summed E-state index contributed by atoms with van der Waals surface area (Å²) in [6, 6.07) is 7.14. The van der Waals surface area contributed by atoms with Crippen LogP contribution in [0.4, 0.5) is 4.79 Å². The number of benzene rings is 1. The smallest absolute Gasteiger partial charge is 0.410 e. The van der Waals surface area contributed by atoms with Crippen molar-refractivity contribution < 1.29 is 52.4 Å². The molecule has 1 aromatic rings. The maximum Gasteiger partial charge on any atom is 0.410 e. The molecule has 2 fully saturated rings. The number of hydrogen-bond acceptors (Lipinski definition) is 11. The highest BCUT2D eigenvalue weighted by Gasteiger charge is 2.44. The van der Waals surface area contributed by atoms with Gasteiger partial charge in [0, 0.05) is 74.5 Å². The molecule has 0 saturated carbocycles. The van der Waals surface area contributed by atoms with Gasteiger partial charge in [-0.1, -0.05) is 71.4 Å². The molecule has 0 aromatic heterocycles. The first kappa shape index (κ1) is 56.1. The number of methoxy groups -OCH3 is 3. The number of nitrogens with zero attached hydrogens (tertiary/aromatic N) is 6. The number of hydrogen-bond donors (Lipinski definition) is 2. The SMILES string of the molecule is CCC(C)C(C(CC(=O)N1CCC[C@H]1C(OC)C(C)C(=O)NC(Cc1ccccc1)P(=O)(O)CC(=O)OC)OC)N(C)C(=O)C(/N=C(/N(C)C)N1CCN(C(=O)OC(C)(C)C)CC1)C(C)C. The van der Waals surface area contributed by atoms with Crippen LogP contribution in [0, 0.1) is 17.8 Å². The maximum absolute atomic E-state index is 14.7. The summed E-state index contributed by atoms with van der Waals surface area (Å²) in [7, 11) is 5.36. The van der Waals surface area contributed by atoms with Gasteiger partial charge in [-0.05, 0) is 51.0 Å². The molecule has 0 bridgehead atoms. The zero-order chi connectivity index (χ0) is 49.7. The first-order valence-electron chi connectivity index (χ1n) is 23.2. The molecular formula is C47H80N7O11P. The fraction of sp³-hybridized carbons (Fsp3) is 0.745. The van der Waals surface area contributed by atoms with Crippen LogP contribution in [0.1, 0.15) is 86.6 Å². The van der Waals surface area contributed by atoms with Crippen LogP contribution in [0.15, 0.2) is 35.3 Å². The van der Waals surface area contributed by atoms with Crippen LogP contribution in [-0.2, 0) is 49.1 Å². The third-order valence-electron chi connectivity index (χ3n) is 12.7. The van der Waals surface area contributed by atoms with Gasteiger partial charge in [-0.3, -0.25) is 23.7 Å². The number of guanidine groups is 1. The number of rotatable bonds is 20. The van der Waals surface area contributed by atoms with E-state index in [-0.39, 0.29) is 42.6 Å². The van der Waals surface area contributed by atoms with Gasteiger partial charge in [0.2, 0.25) is 25.1 Å². The largest absolute Gasteiger partial charge is 0.469 e. The van der Waals surface area contributed by atoms with Gasteiger partial charge in [-0.25, -0.2) is 9.79 Å². The van der Waals surface area contributed by atoms with E-state index in [1.165, 1.54) is 7.11 Å². The molecule has 4 amide bonds. The van der Waals surface area contributed by atoms with Gasteiger partial charge in [0.1, 0.15) is 23.6 Å². The highest BCUT2D eigenvalue weighted by molar-refractivity contribution is 7.59. The Morgan fingerprint density at radius 1 is 0.924 bits per heavy atom. The number of nitrogens with one attached hydrogen (secondary N) is 1. The molecule has 3 rings (SSSR count). The predicted octanol–water partition coefficient (Wildman–Crippen LogP) is 4.53. The quantitative estimate of drug-likeness (QED) is 0.0801. The number of likely N-dealkylation sites (N-methyl/N-ethyl adjacent to an activating group) is 1. The van der Waals surface area contributed by atoms with Gasteiger partial charge >= 0.3 is 12.1 Å². The van der Waals surface area contributed by atoms with Crippen molar-refractivity contribution >= 4 is 43.1 Å². The predicted molar refractivity (Wildman–Crippen MR) is 254 cm³/mol. The van der Waals surface area contributed by atoms with Gasteiger partial charge in [0.15, 0.2) is 5.96 Å². The van der Waals surface area contributed by atoms with Crippen LogP contribution >= 0.6 is 7.37 Å². The van der Waals surface area contributed by atoms with E-state index in [1.54, 1.807) is 60.0 Å².